The highest BCUT2D eigenvalue weighted by molar-refractivity contribution is 7.88. The quantitative estimate of drug-likeness (QED) is 0.667. The van der Waals surface area contributed by atoms with Gasteiger partial charge < -0.3 is 9.64 Å². The summed E-state index contributed by atoms with van der Waals surface area (Å²) >= 11 is 6.08. The number of aromatic nitrogens is 2. The fourth-order valence-electron chi connectivity index (χ4n) is 3.45. The standard InChI is InChI=1S/C20H25ClN4O4S/c1-20(6-7-20)14-29-18-17(23-8-10-24(11-9-23)30(2,27)28)13-22-25(19(18)26)16-5-3-4-15(21)12-16/h3-5,12-13H,6-11,14H2,1-2H3. The second kappa shape index (κ2) is 7.86. The summed E-state index contributed by atoms with van der Waals surface area (Å²) in [7, 11) is -3.24. The van der Waals surface area contributed by atoms with Crippen LogP contribution in [0.1, 0.15) is 19.8 Å². The maximum Gasteiger partial charge on any atom is 0.316 e. The largest absolute Gasteiger partial charge is 0.486 e. The first-order valence-corrected chi connectivity index (χ1v) is 12.1. The van der Waals surface area contributed by atoms with Crippen LogP contribution >= 0.6 is 11.6 Å². The highest BCUT2D eigenvalue weighted by atomic mass is 35.5. The van der Waals surface area contributed by atoms with Gasteiger partial charge in [-0.3, -0.25) is 4.79 Å². The van der Waals surface area contributed by atoms with Crippen LogP contribution in [0.2, 0.25) is 5.02 Å². The third-order valence-electron chi connectivity index (χ3n) is 5.68. The summed E-state index contributed by atoms with van der Waals surface area (Å²) in [6, 6.07) is 6.93. The van der Waals surface area contributed by atoms with Crippen LogP contribution in [0.25, 0.3) is 5.69 Å². The van der Waals surface area contributed by atoms with E-state index in [9.17, 15) is 13.2 Å². The first-order chi connectivity index (χ1) is 14.2. The highest BCUT2D eigenvalue weighted by Crippen LogP contribution is 2.45. The topological polar surface area (TPSA) is 84.7 Å². The SMILES string of the molecule is CC1(COc2c(N3CCN(S(C)(=O)=O)CC3)cnn(-c3cccc(Cl)c3)c2=O)CC1. The third kappa shape index (κ3) is 4.48. The Morgan fingerprint density at radius 2 is 1.90 bits per heavy atom. The molecule has 4 rings (SSSR count). The zero-order valence-electron chi connectivity index (χ0n) is 17.0. The molecule has 0 N–H and O–H groups in total. The van der Waals surface area contributed by atoms with Crippen molar-refractivity contribution >= 4 is 27.3 Å². The molecule has 2 heterocycles. The molecule has 162 valence electrons. The van der Waals surface area contributed by atoms with Crippen LogP contribution in [0.3, 0.4) is 0 Å². The molecule has 0 unspecified atom stereocenters. The number of hydrogen-bond acceptors (Lipinski definition) is 6. The Bertz CT molecular complexity index is 1110. The molecule has 0 atom stereocenters. The number of rotatable bonds is 6. The van der Waals surface area contributed by atoms with Crippen molar-refractivity contribution in [1.29, 1.82) is 0 Å². The van der Waals surface area contributed by atoms with Crippen molar-refractivity contribution in [3.8, 4) is 11.4 Å². The van der Waals surface area contributed by atoms with E-state index in [2.05, 4.69) is 12.0 Å². The molecule has 2 aromatic rings. The number of nitrogens with zero attached hydrogens (tertiary/aromatic N) is 4. The third-order valence-corrected chi connectivity index (χ3v) is 7.22. The molecular weight excluding hydrogens is 428 g/mol. The smallest absolute Gasteiger partial charge is 0.316 e. The lowest BCUT2D eigenvalue weighted by Gasteiger charge is -2.35. The molecule has 0 bridgehead atoms. The van der Waals surface area contributed by atoms with Crippen molar-refractivity contribution in [2.24, 2.45) is 5.41 Å². The van der Waals surface area contributed by atoms with Crippen LogP contribution < -0.4 is 15.2 Å². The minimum atomic E-state index is -3.24. The van der Waals surface area contributed by atoms with Gasteiger partial charge in [0.05, 0.1) is 24.7 Å². The fraction of sp³-hybridized carbons (Fsp3) is 0.500. The number of piperazine rings is 1. The molecule has 1 saturated heterocycles. The maximum absolute atomic E-state index is 13.3. The van der Waals surface area contributed by atoms with Crippen molar-refractivity contribution in [3.05, 3.63) is 45.8 Å². The predicted octanol–water partition coefficient (Wildman–Crippen LogP) is 2.15. The Kier molecular flexibility index (Phi) is 5.54. The molecule has 1 aromatic heterocycles. The lowest BCUT2D eigenvalue weighted by Crippen LogP contribution is -2.48. The fourth-order valence-corrected chi connectivity index (χ4v) is 4.46. The second-order valence-corrected chi connectivity index (χ2v) is 10.7. The number of benzene rings is 1. The number of anilines is 1. The maximum atomic E-state index is 13.3. The molecule has 2 aliphatic rings. The van der Waals surface area contributed by atoms with Gasteiger partial charge in [-0.1, -0.05) is 24.6 Å². The molecule has 1 aromatic carbocycles. The van der Waals surface area contributed by atoms with Crippen molar-refractivity contribution in [2.45, 2.75) is 19.8 Å². The minimum absolute atomic E-state index is 0.100. The molecule has 0 spiro atoms. The summed E-state index contributed by atoms with van der Waals surface area (Å²) in [5, 5.41) is 4.85. The highest BCUT2D eigenvalue weighted by Gasteiger charge is 2.39. The molecule has 10 heteroatoms. The summed E-state index contributed by atoms with van der Waals surface area (Å²) in [6.45, 7) is 4.22. The van der Waals surface area contributed by atoms with E-state index in [0.29, 0.717) is 49.2 Å². The summed E-state index contributed by atoms with van der Waals surface area (Å²) in [4.78, 5) is 15.3. The average Bonchev–Trinajstić information content (AvgIpc) is 3.44. The van der Waals surface area contributed by atoms with Crippen molar-refractivity contribution < 1.29 is 13.2 Å². The van der Waals surface area contributed by atoms with Crippen LogP contribution in [-0.2, 0) is 10.0 Å². The van der Waals surface area contributed by atoms with Gasteiger partial charge in [0.25, 0.3) is 0 Å². The lowest BCUT2D eigenvalue weighted by atomic mass is 10.2. The van der Waals surface area contributed by atoms with Gasteiger partial charge >= 0.3 is 5.56 Å². The van der Waals surface area contributed by atoms with Crippen molar-refractivity contribution in [2.75, 3.05) is 43.9 Å². The molecule has 0 amide bonds. The van der Waals surface area contributed by atoms with Crippen LogP contribution in [0.4, 0.5) is 5.69 Å². The molecule has 30 heavy (non-hydrogen) atoms. The van der Waals surface area contributed by atoms with E-state index in [4.69, 9.17) is 16.3 Å². The summed E-state index contributed by atoms with van der Waals surface area (Å²) in [5.74, 6) is 0.242. The molecule has 0 radical (unpaired) electrons. The molecular formula is C20H25ClN4O4S. The summed E-state index contributed by atoms with van der Waals surface area (Å²) < 4.78 is 32.4. The monoisotopic (exact) mass is 452 g/mol. The van der Waals surface area contributed by atoms with Gasteiger partial charge in [0.15, 0.2) is 0 Å². The Labute approximate surface area is 181 Å². The zero-order valence-corrected chi connectivity index (χ0v) is 18.6. The van der Waals surface area contributed by atoms with E-state index in [1.165, 1.54) is 15.2 Å². The molecule has 1 aliphatic carbocycles. The summed E-state index contributed by atoms with van der Waals surface area (Å²) in [6.07, 6.45) is 4.97. The molecule has 2 fully saturated rings. The van der Waals surface area contributed by atoms with Gasteiger partial charge in [-0.15, -0.1) is 0 Å². The van der Waals surface area contributed by atoms with Crippen LogP contribution in [0.5, 0.6) is 5.75 Å². The Balaban J connectivity index is 1.67. The minimum Gasteiger partial charge on any atom is -0.486 e. The molecule has 1 aliphatic heterocycles. The lowest BCUT2D eigenvalue weighted by molar-refractivity contribution is 0.242. The van der Waals surface area contributed by atoms with Crippen LogP contribution in [0, 0.1) is 5.41 Å². The second-order valence-electron chi connectivity index (χ2n) is 8.30. The van der Waals surface area contributed by atoms with Gasteiger partial charge in [-0.05, 0) is 31.0 Å². The van der Waals surface area contributed by atoms with Gasteiger partial charge in [0, 0.05) is 36.6 Å². The Morgan fingerprint density at radius 1 is 1.20 bits per heavy atom. The first kappa shape index (κ1) is 21.1. The van der Waals surface area contributed by atoms with Crippen molar-refractivity contribution in [1.82, 2.24) is 14.1 Å². The molecule has 8 nitrogen and oxygen atoms in total. The van der Waals surface area contributed by atoms with E-state index in [-0.39, 0.29) is 16.7 Å². The van der Waals surface area contributed by atoms with E-state index in [1.54, 1.807) is 30.5 Å². The average molecular weight is 453 g/mol. The normalized spacial score (nSPS) is 19.0. The Morgan fingerprint density at radius 3 is 2.50 bits per heavy atom. The Hall–Kier alpha value is -2.10. The zero-order chi connectivity index (χ0) is 21.5. The van der Waals surface area contributed by atoms with Gasteiger partial charge in [0.1, 0.15) is 5.69 Å². The van der Waals surface area contributed by atoms with E-state index < -0.39 is 10.0 Å². The predicted molar refractivity (Wildman–Crippen MR) is 116 cm³/mol. The summed E-state index contributed by atoms with van der Waals surface area (Å²) in [5.41, 5.74) is 0.895. The van der Waals surface area contributed by atoms with Crippen LogP contribution in [0.15, 0.2) is 35.3 Å². The van der Waals surface area contributed by atoms with E-state index in [1.807, 2.05) is 4.90 Å². The van der Waals surface area contributed by atoms with E-state index in [0.717, 1.165) is 12.8 Å². The van der Waals surface area contributed by atoms with Gasteiger partial charge in [-0.2, -0.15) is 14.1 Å². The number of ether oxygens (including phenoxy) is 1. The number of hydrogen-bond donors (Lipinski definition) is 0. The van der Waals surface area contributed by atoms with Gasteiger partial charge in [-0.25, -0.2) is 8.42 Å². The van der Waals surface area contributed by atoms with Crippen LogP contribution in [-0.4, -0.2) is 61.5 Å². The van der Waals surface area contributed by atoms with E-state index >= 15 is 0 Å². The first-order valence-electron chi connectivity index (χ1n) is 9.87. The van der Waals surface area contributed by atoms with Gasteiger partial charge in [0.2, 0.25) is 15.8 Å². The number of sulfonamides is 1. The van der Waals surface area contributed by atoms with Crippen molar-refractivity contribution in [3.63, 3.8) is 0 Å². The molecule has 1 saturated carbocycles. The number of halogens is 1.